The normalized spacial score (nSPS) is 11.3. The fraction of sp³-hybridized carbons (Fsp3) is 0. The smallest absolute Gasteiger partial charge is 0.358 e. The first kappa shape index (κ1) is 10.6. The van der Waals surface area contributed by atoms with Crippen LogP contribution in [0.4, 0.5) is 3.89 Å². The highest BCUT2D eigenvalue weighted by Crippen LogP contribution is 2.16. The molecule has 84 valence electrons. The highest BCUT2D eigenvalue weighted by Gasteiger charge is 2.08. The Bertz CT molecular complexity index is 563. The zero-order valence-corrected chi connectivity index (χ0v) is 8.76. The summed E-state index contributed by atoms with van der Waals surface area (Å²) in [4.78, 5) is 3.86. The van der Waals surface area contributed by atoms with Crippen molar-refractivity contribution in [2.24, 2.45) is 0 Å². The number of imidazole rings is 1. The summed E-state index contributed by atoms with van der Waals surface area (Å²) in [5.41, 5.74) is 0.765. The summed E-state index contributed by atoms with van der Waals surface area (Å²) in [5.74, 6) is -0.0774. The molecule has 2 rings (SSSR count). The fourth-order valence-electron chi connectivity index (χ4n) is 1.20. The molecule has 0 saturated carbocycles. The third kappa shape index (κ3) is 2.57. The number of benzene rings is 1. The van der Waals surface area contributed by atoms with Gasteiger partial charge in [0.15, 0.2) is 0 Å². The van der Waals surface area contributed by atoms with E-state index in [1.165, 1.54) is 12.1 Å². The second-order valence-electron chi connectivity index (χ2n) is 2.94. The van der Waals surface area contributed by atoms with Crippen molar-refractivity contribution in [2.45, 2.75) is 0 Å². The average molecular weight is 242 g/mol. The Morgan fingerprint density at radius 3 is 2.44 bits per heavy atom. The van der Waals surface area contributed by atoms with Gasteiger partial charge in [-0.05, 0) is 24.3 Å². The van der Waals surface area contributed by atoms with Gasteiger partial charge in [0, 0.05) is 18.1 Å². The van der Waals surface area contributed by atoms with Crippen LogP contribution in [-0.2, 0) is 10.5 Å². The Labute approximate surface area is 91.5 Å². The summed E-state index contributed by atoms with van der Waals surface area (Å²) >= 11 is 0. The molecule has 0 aliphatic heterocycles. The number of hydrogen-bond acceptors (Lipinski definition) is 4. The van der Waals surface area contributed by atoms with Crippen molar-refractivity contribution in [1.82, 2.24) is 9.55 Å². The third-order valence-electron chi connectivity index (χ3n) is 1.84. The van der Waals surface area contributed by atoms with Crippen LogP contribution in [0.25, 0.3) is 5.69 Å². The number of halogens is 1. The van der Waals surface area contributed by atoms with Crippen LogP contribution in [0.2, 0.25) is 0 Å². The van der Waals surface area contributed by atoms with Crippen molar-refractivity contribution < 1.29 is 16.5 Å². The summed E-state index contributed by atoms with van der Waals surface area (Å²) in [5, 5.41) is 0. The van der Waals surface area contributed by atoms with Crippen molar-refractivity contribution in [2.75, 3.05) is 0 Å². The molecule has 1 aromatic heterocycles. The lowest BCUT2D eigenvalue weighted by Gasteiger charge is -2.03. The van der Waals surface area contributed by atoms with Crippen molar-refractivity contribution in [3.63, 3.8) is 0 Å². The van der Waals surface area contributed by atoms with Gasteiger partial charge < -0.3 is 8.75 Å². The predicted octanol–water partition coefficient (Wildman–Crippen LogP) is 1.47. The van der Waals surface area contributed by atoms with Crippen LogP contribution in [0.5, 0.6) is 5.75 Å². The van der Waals surface area contributed by atoms with Crippen molar-refractivity contribution in [3.8, 4) is 11.4 Å². The van der Waals surface area contributed by atoms with E-state index in [4.69, 9.17) is 0 Å². The SMILES string of the molecule is O=S(=O)(F)Oc1ccc(-n2ccnc2)cc1. The molecular weight excluding hydrogens is 235 g/mol. The standard InChI is InChI=1S/C9H7FN2O3S/c10-16(13,14)15-9-3-1-8(2-4-9)12-6-5-11-7-12/h1-7H. The van der Waals surface area contributed by atoms with Crippen molar-refractivity contribution in [1.29, 1.82) is 0 Å². The minimum absolute atomic E-state index is 0.0774. The van der Waals surface area contributed by atoms with Crippen molar-refractivity contribution in [3.05, 3.63) is 43.0 Å². The van der Waals surface area contributed by atoms with Crippen LogP contribution < -0.4 is 4.18 Å². The van der Waals surface area contributed by atoms with Gasteiger partial charge in [-0.3, -0.25) is 0 Å². The lowest BCUT2D eigenvalue weighted by molar-refractivity contribution is 0.440. The van der Waals surface area contributed by atoms with Gasteiger partial charge in [0.25, 0.3) is 0 Å². The predicted molar refractivity (Wildman–Crippen MR) is 54.2 cm³/mol. The minimum atomic E-state index is -4.96. The van der Waals surface area contributed by atoms with Crippen LogP contribution in [0, 0.1) is 0 Å². The van der Waals surface area contributed by atoms with Crippen LogP contribution in [-0.4, -0.2) is 18.0 Å². The highest BCUT2D eigenvalue weighted by molar-refractivity contribution is 7.81. The lowest BCUT2D eigenvalue weighted by atomic mass is 10.3. The first-order chi connectivity index (χ1) is 7.54. The van der Waals surface area contributed by atoms with Crippen LogP contribution in [0.3, 0.4) is 0 Å². The van der Waals surface area contributed by atoms with Crippen LogP contribution in [0.15, 0.2) is 43.0 Å². The number of aromatic nitrogens is 2. The Balaban J connectivity index is 2.24. The lowest BCUT2D eigenvalue weighted by Crippen LogP contribution is -2.01. The number of rotatable bonds is 3. The third-order valence-corrected chi connectivity index (χ3v) is 2.23. The second kappa shape index (κ2) is 3.93. The average Bonchev–Trinajstić information content (AvgIpc) is 2.69. The first-order valence-electron chi connectivity index (χ1n) is 4.27. The van der Waals surface area contributed by atoms with Crippen LogP contribution >= 0.6 is 0 Å². The molecular formula is C9H7FN2O3S. The van der Waals surface area contributed by atoms with E-state index in [1.54, 1.807) is 35.4 Å². The van der Waals surface area contributed by atoms with E-state index in [9.17, 15) is 12.3 Å². The summed E-state index contributed by atoms with van der Waals surface area (Å²) in [6.07, 6.45) is 4.92. The zero-order chi connectivity index (χ0) is 11.6. The van der Waals surface area contributed by atoms with Gasteiger partial charge in [-0.1, -0.05) is 3.89 Å². The Morgan fingerprint density at radius 2 is 1.94 bits per heavy atom. The molecule has 0 aliphatic carbocycles. The molecule has 0 atom stereocenters. The van der Waals surface area contributed by atoms with E-state index in [0.29, 0.717) is 0 Å². The van der Waals surface area contributed by atoms with E-state index in [1.807, 2.05) is 0 Å². The molecule has 0 saturated heterocycles. The summed E-state index contributed by atoms with van der Waals surface area (Å²) < 4.78 is 38.4. The van der Waals surface area contributed by atoms with Gasteiger partial charge >= 0.3 is 10.5 Å². The van der Waals surface area contributed by atoms with Gasteiger partial charge in [-0.25, -0.2) is 4.98 Å². The van der Waals surface area contributed by atoms with Gasteiger partial charge in [0.2, 0.25) is 0 Å². The van der Waals surface area contributed by atoms with Gasteiger partial charge in [-0.15, -0.1) is 0 Å². The van der Waals surface area contributed by atoms with E-state index < -0.39 is 10.5 Å². The second-order valence-corrected chi connectivity index (χ2v) is 3.89. The maximum Gasteiger partial charge on any atom is 0.488 e. The molecule has 0 unspecified atom stereocenters. The Morgan fingerprint density at radius 1 is 1.25 bits per heavy atom. The topological polar surface area (TPSA) is 61.2 Å². The maximum atomic E-state index is 12.2. The molecule has 0 fully saturated rings. The largest absolute Gasteiger partial charge is 0.488 e. The molecule has 2 aromatic rings. The molecule has 0 N–H and O–H groups in total. The summed E-state index contributed by atoms with van der Waals surface area (Å²) in [7, 11) is -4.96. The summed E-state index contributed by atoms with van der Waals surface area (Å²) in [6.45, 7) is 0. The molecule has 0 amide bonds. The quantitative estimate of drug-likeness (QED) is 0.764. The van der Waals surface area contributed by atoms with E-state index in [-0.39, 0.29) is 5.75 Å². The van der Waals surface area contributed by atoms with E-state index in [2.05, 4.69) is 9.17 Å². The van der Waals surface area contributed by atoms with Gasteiger partial charge in [0.05, 0.1) is 6.33 Å². The van der Waals surface area contributed by atoms with Crippen molar-refractivity contribution >= 4 is 10.5 Å². The highest BCUT2D eigenvalue weighted by atomic mass is 32.3. The maximum absolute atomic E-state index is 12.2. The van der Waals surface area contributed by atoms with Gasteiger partial charge in [-0.2, -0.15) is 8.42 Å². The minimum Gasteiger partial charge on any atom is -0.358 e. The van der Waals surface area contributed by atoms with Gasteiger partial charge in [0.1, 0.15) is 5.75 Å². The molecule has 0 radical (unpaired) electrons. The first-order valence-corrected chi connectivity index (χ1v) is 5.58. The molecule has 0 bridgehead atoms. The summed E-state index contributed by atoms with van der Waals surface area (Å²) in [6, 6.07) is 5.88. The molecule has 7 heteroatoms. The monoisotopic (exact) mass is 242 g/mol. The van der Waals surface area contributed by atoms with E-state index >= 15 is 0 Å². The van der Waals surface area contributed by atoms with Crippen LogP contribution in [0.1, 0.15) is 0 Å². The molecule has 1 heterocycles. The van der Waals surface area contributed by atoms with E-state index in [0.717, 1.165) is 5.69 Å². The molecule has 16 heavy (non-hydrogen) atoms. The fourth-order valence-corrected chi connectivity index (χ4v) is 1.54. The Hall–Kier alpha value is -1.89. The molecule has 0 aliphatic rings. The molecule has 1 aromatic carbocycles. The zero-order valence-electron chi connectivity index (χ0n) is 7.95. The Kier molecular flexibility index (Phi) is 2.61. The molecule has 5 nitrogen and oxygen atoms in total. The number of hydrogen-bond donors (Lipinski definition) is 0. The number of nitrogens with zero attached hydrogens (tertiary/aromatic N) is 2. The molecule has 0 spiro atoms.